The molecule has 0 N–H and O–H groups in total. The zero-order chi connectivity index (χ0) is 94.6. The summed E-state index contributed by atoms with van der Waals surface area (Å²) < 4.78 is 26.9. The first-order chi connectivity index (χ1) is 71.4. The highest BCUT2D eigenvalue weighted by Crippen LogP contribution is 2.49. The smallest absolute Gasteiger partial charge is 0.161 e. The quantitative estimate of drug-likeness (QED) is 0.127. The third-order valence-electron chi connectivity index (χ3n) is 29.4. The van der Waals surface area contributed by atoms with Gasteiger partial charge in [-0.3, -0.25) is 15.0 Å². The molecule has 0 bridgehead atoms. The highest BCUT2D eigenvalue weighted by atomic mass is 16.3. The maximum absolute atomic E-state index is 6.68. The van der Waals surface area contributed by atoms with Crippen molar-refractivity contribution in [2.24, 2.45) is 0 Å². The molecule has 670 valence electrons. The molecule has 0 aliphatic carbocycles. The van der Waals surface area contributed by atoms with Crippen LogP contribution in [0.4, 0.5) is 0 Å². The molecule has 144 heavy (non-hydrogen) atoms. The van der Waals surface area contributed by atoms with Gasteiger partial charge in [-0.25, -0.2) is 0 Å². The summed E-state index contributed by atoms with van der Waals surface area (Å²) in [5.41, 5.74) is 34.2. The van der Waals surface area contributed by atoms with Gasteiger partial charge in [0.1, 0.15) is 33.3 Å². The number of rotatable bonds is 10. The molecule has 9 aromatic heterocycles. The SMILES string of the molecule is c1ccc(-c2cc(-c3ccccc3)cc(-n3c4ccc(-c5ccccc5)cc4c4cnc5c(ccc6c7cc(-c8ccccc8)ccc7oc65)c43)c2)cc1.c1ccc(-c2cc(-c3ccccc3)cc(-n3c4ccc(-c5ccccc5)cc4c4cnc5c(ccc6c7ccccc7oc65)c43)c2)cc1.c1ccc2c(c1)oc1c2ccc2c1ncc1c3ccccc3n(-c3ccc4c5ccccc5c5ccccc5c4c3)c12. The van der Waals surface area contributed by atoms with Gasteiger partial charge in [0.05, 0.1) is 33.1 Å². The van der Waals surface area contributed by atoms with Gasteiger partial charge in [-0.15, -0.1) is 0 Å². The third kappa shape index (κ3) is 13.3. The van der Waals surface area contributed by atoms with E-state index in [0.717, 1.165) is 192 Å². The second kappa shape index (κ2) is 33.2. The first kappa shape index (κ1) is 81.8. The number of nitrogens with zero attached hydrogens (tertiary/aromatic N) is 6. The fraction of sp³-hybridized carbons (Fsp3) is 0. The van der Waals surface area contributed by atoms with Gasteiger partial charge in [0, 0.05) is 116 Å². The van der Waals surface area contributed by atoms with Crippen molar-refractivity contribution in [1.82, 2.24) is 28.7 Å². The second-order valence-electron chi connectivity index (χ2n) is 37.5. The molecule has 0 aliphatic rings. The molecule has 9 nitrogen and oxygen atoms in total. The molecule has 0 amide bonds. The lowest BCUT2D eigenvalue weighted by molar-refractivity contribution is 0.671. The average Bonchev–Trinajstić information content (AvgIpc) is 1.60. The van der Waals surface area contributed by atoms with E-state index in [-0.39, 0.29) is 0 Å². The second-order valence-corrected chi connectivity index (χ2v) is 37.5. The highest BCUT2D eigenvalue weighted by molar-refractivity contribution is 6.29. The number of aromatic nitrogens is 6. The van der Waals surface area contributed by atoms with Crippen LogP contribution in [0.5, 0.6) is 0 Å². The molecular formula is C135H82N6O3. The molecule has 0 aliphatic heterocycles. The Bertz CT molecular complexity index is 10500. The van der Waals surface area contributed by atoms with E-state index in [1.54, 1.807) is 0 Å². The Labute approximate surface area is 825 Å². The van der Waals surface area contributed by atoms with Crippen molar-refractivity contribution in [2.45, 2.75) is 0 Å². The topological polar surface area (TPSA) is 92.9 Å². The fourth-order valence-electron chi connectivity index (χ4n) is 22.7. The summed E-state index contributed by atoms with van der Waals surface area (Å²) in [5, 5.41) is 24.2. The number of pyridine rings is 3. The normalized spacial score (nSPS) is 11.9. The molecule has 9 heterocycles. The first-order valence-corrected chi connectivity index (χ1v) is 49.0. The van der Waals surface area contributed by atoms with Crippen molar-refractivity contribution >= 4 is 196 Å². The zero-order valence-electron chi connectivity index (χ0n) is 77.8. The van der Waals surface area contributed by atoms with E-state index in [4.69, 9.17) is 28.2 Å². The lowest BCUT2D eigenvalue weighted by Crippen LogP contribution is -1.97. The highest BCUT2D eigenvalue weighted by Gasteiger charge is 2.27. The van der Waals surface area contributed by atoms with E-state index in [2.05, 4.69) is 469 Å². The van der Waals surface area contributed by atoms with Crippen LogP contribution in [0.15, 0.2) is 511 Å². The van der Waals surface area contributed by atoms with Crippen molar-refractivity contribution in [3.05, 3.63) is 498 Å². The molecule has 9 heteroatoms. The summed E-state index contributed by atoms with van der Waals surface area (Å²) in [6.07, 6.45) is 6.11. The van der Waals surface area contributed by atoms with Gasteiger partial charge in [0.15, 0.2) is 16.7 Å². The number of para-hydroxylation sites is 3. The standard InChI is InChI=1S/C51H32N2O.C45H28N2O.C39H22N2O/c1-5-13-33(14-6-1)37-21-25-47-44(30-37)46-32-52-49-43(24-23-42-45-31-38(34-15-7-2-8-16-34)22-26-48(45)54-51(42)49)50(46)53(47)41-28-39(35-17-9-3-10-18-35)27-40(29-41)36-19-11-4-12-20-36;1-4-12-29(13-5-1)32-20-23-41-39(27-32)40-28-46-43-38(22-21-37-36-18-10-11-19-42(36)48-45(37)43)44(40)47(41)35-25-33(30-14-6-2-7-15-30)24-34(26-35)31-16-8-3-9-17-31;1-2-11-26-24(9-1)25-10-3-4-12-27(25)33-21-23(17-18-28(26)33)41-35-15-7-5-13-29(35)34-22-40-37-32(38(34)41)20-19-31-30-14-6-8-16-36(30)42-39(31)37/h1-32H;1-28H;1-22H. The Morgan fingerprint density at radius 3 is 0.785 bits per heavy atom. The number of benzene rings is 22. The molecule has 0 saturated carbocycles. The molecule has 0 unspecified atom stereocenters. The summed E-state index contributed by atoms with van der Waals surface area (Å²) in [4.78, 5) is 15.3. The monoisotopic (exact) mass is 1830 g/mol. The molecule has 31 aromatic rings. The Morgan fingerprint density at radius 2 is 0.403 bits per heavy atom. The van der Waals surface area contributed by atoms with E-state index in [1.165, 1.54) is 98.9 Å². The minimum absolute atomic E-state index is 0.805. The van der Waals surface area contributed by atoms with Crippen LogP contribution in [-0.4, -0.2) is 28.7 Å². The van der Waals surface area contributed by atoms with Crippen molar-refractivity contribution in [1.29, 1.82) is 0 Å². The van der Waals surface area contributed by atoms with Crippen molar-refractivity contribution in [3.63, 3.8) is 0 Å². The molecule has 0 spiro atoms. The van der Waals surface area contributed by atoms with Crippen LogP contribution in [0.25, 0.3) is 291 Å². The van der Waals surface area contributed by atoms with Crippen LogP contribution in [0.3, 0.4) is 0 Å². The Balaban J connectivity index is 0.000000103. The molecule has 0 fully saturated rings. The van der Waals surface area contributed by atoms with Gasteiger partial charge in [-0.05, 0) is 250 Å². The number of hydrogen-bond acceptors (Lipinski definition) is 6. The molecule has 0 atom stereocenters. The van der Waals surface area contributed by atoms with Crippen LogP contribution in [0.2, 0.25) is 0 Å². The minimum atomic E-state index is 0.805. The van der Waals surface area contributed by atoms with Crippen LogP contribution in [0, 0.1) is 0 Å². The summed E-state index contributed by atoms with van der Waals surface area (Å²) in [7, 11) is 0. The Kier molecular flexibility index (Phi) is 18.9. The largest absolute Gasteiger partial charge is 0.454 e. The summed E-state index contributed by atoms with van der Waals surface area (Å²) in [6, 6.07) is 171. The van der Waals surface area contributed by atoms with Crippen LogP contribution >= 0.6 is 0 Å². The van der Waals surface area contributed by atoms with Crippen LogP contribution in [-0.2, 0) is 0 Å². The molecular weight excluding hydrogens is 1750 g/mol. The number of furan rings is 3. The van der Waals surface area contributed by atoms with Gasteiger partial charge in [0.2, 0.25) is 0 Å². The average molecular weight is 1840 g/mol. The maximum Gasteiger partial charge on any atom is 0.161 e. The van der Waals surface area contributed by atoms with Gasteiger partial charge in [-0.1, -0.05) is 340 Å². The minimum Gasteiger partial charge on any atom is -0.454 e. The molecule has 0 saturated heterocycles. The molecule has 31 rings (SSSR count). The van der Waals surface area contributed by atoms with Crippen molar-refractivity contribution in [2.75, 3.05) is 0 Å². The van der Waals surface area contributed by atoms with Crippen LogP contribution in [0.1, 0.15) is 0 Å². The van der Waals surface area contributed by atoms with Gasteiger partial charge in [0.25, 0.3) is 0 Å². The number of hydrogen-bond donors (Lipinski definition) is 0. The predicted molar refractivity (Wildman–Crippen MR) is 601 cm³/mol. The molecule has 0 radical (unpaired) electrons. The Hall–Kier alpha value is -19.4. The van der Waals surface area contributed by atoms with Gasteiger partial charge < -0.3 is 27.0 Å². The third-order valence-corrected chi connectivity index (χ3v) is 29.4. The van der Waals surface area contributed by atoms with Gasteiger partial charge >= 0.3 is 0 Å². The summed E-state index contributed by atoms with van der Waals surface area (Å²) in [6.45, 7) is 0. The number of fused-ring (bicyclic) bond motifs is 33. The van der Waals surface area contributed by atoms with E-state index in [0.29, 0.717) is 0 Å². The predicted octanol–water partition coefficient (Wildman–Crippen LogP) is 36.8. The summed E-state index contributed by atoms with van der Waals surface area (Å²) >= 11 is 0. The lowest BCUT2D eigenvalue weighted by Gasteiger charge is -2.15. The van der Waals surface area contributed by atoms with Crippen molar-refractivity contribution < 1.29 is 13.3 Å². The van der Waals surface area contributed by atoms with E-state index in [1.807, 2.05) is 42.9 Å². The van der Waals surface area contributed by atoms with E-state index < -0.39 is 0 Å². The lowest BCUT2D eigenvalue weighted by atomic mass is 9.94. The maximum atomic E-state index is 6.68. The summed E-state index contributed by atoms with van der Waals surface area (Å²) in [5.74, 6) is 0. The fourth-order valence-corrected chi connectivity index (χ4v) is 22.7. The van der Waals surface area contributed by atoms with E-state index in [9.17, 15) is 0 Å². The van der Waals surface area contributed by atoms with Gasteiger partial charge in [-0.2, -0.15) is 0 Å². The van der Waals surface area contributed by atoms with Crippen LogP contribution < -0.4 is 0 Å². The first-order valence-electron chi connectivity index (χ1n) is 49.0. The van der Waals surface area contributed by atoms with Crippen molar-refractivity contribution in [3.8, 4) is 95.0 Å². The Morgan fingerprint density at radius 1 is 0.139 bits per heavy atom. The molecule has 22 aromatic carbocycles. The zero-order valence-corrected chi connectivity index (χ0v) is 77.8. The van der Waals surface area contributed by atoms with E-state index >= 15 is 0 Å².